The lowest BCUT2D eigenvalue weighted by molar-refractivity contribution is 0.112. The summed E-state index contributed by atoms with van der Waals surface area (Å²) in [6, 6.07) is 9.49. The maximum atomic E-state index is 13.2. The van der Waals surface area contributed by atoms with Crippen molar-refractivity contribution in [3.8, 4) is 11.1 Å². The zero-order valence-electron chi connectivity index (χ0n) is 9.21. The fourth-order valence-corrected chi connectivity index (χ4v) is 1.93. The van der Waals surface area contributed by atoms with Crippen LogP contribution >= 0.6 is 11.6 Å². The molecule has 3 heteroatoms. The Kier molecular flexibility index (Phi) is 3.25. The van der Waals surface area contributed by atoms with Crippen LogP contribution in [-0.4, -0.2) is 6.29 Å². The fourth-order valence-electron chi connectivity index (χ4n) is 1.71. The minimum atomic E-state index is -0.372. The van der Waals surface area contributed by atoms with Gasteiger partial charge in [-0.2, -0.15) is 0 Å². The maximum absolute atomic E-state index is 13.2. The van der Waals surface area contributed by atoms with Crippen LogP contribution in [0.15, 0.2) is 36.4 Å². The molecule has 0 spiro atoms. The second kappa shape index (κ2) is 4.68. The number of hydrogen-bond acceptors (Lipinski definition) is 1. The van der Waals surface area contributed by atoms with Gasteiger partial charge in [0.1, 0.15) is 5.82 Å². The van der Waals surface area contributed by atoms with Gasteiger partial charge in [-0.25, -0.2) is 4.39 Å². The Morgan fingerprint density at radius 1 is 1.12 bits per heavy atom. The number of rotatable bonds is 2. The van der Waals surface area contributed by atoms with Crippen molar-refractivity contribution in [1.82, 2.24) is 0 Å². The molecule has 0 saturated heterocycles. The molecule has 17 heavy (non-hydrogen) atoms. The Balaban J connectivity index is 2.70. The summed E-state index contributed by atoms with van der Waals surface area (Å²) in [5.74, 6) is -0.372. The van der Waals surface area contributed by atoms with Crippen LogP contribution in [0.3, 0.4) is 0 Å². The molecule has 2 aromatic rings. The highest BCUT2D eigenvalue weighted by Gasteiger charge is 2.09. The molecule has 0 unspecified atom stereocenters. The lowest BCUT2D eigenvalue weighted by Gasteiger charge is -2.08. The van der Waals surface area contributed by atoms with Crippen molar-refractivity contribution in [1.29, 1.82) is 0 Å². The fraction of sp³-hybridized carbons (Fsp3) is 0.0714. The summed E-state index contributed by atoms with van der Waals surface area (Å²) in [5.41, 5.74) is 2.69. The smallest absolute Gasteiger partial charge is 0.150 e. The number of carbonyl (C=O) groups is 1. The van der Waals surface area contributed by atoms with Gasteiger partial charge >= 0.3 is 0 Å². The third-order valence-electron chi connectivity index (χ3n) is 2.55. The van der Waals surface area contributed by atoms with E-state index in [-0.39, 0.29) is 5.82 Å². The van der Waals surface area contributed by atoms with E-state index >= 15 is 0 Å². The molecule has 0 atom stereocenters. The van der Waals surface area contributed by atoms with Gasteiger partial charge in [0, 0.05) is 16.1 Å². The summed E-state index contributed by atoms with van der Waals surface area (Å²) in [7, 11) is 0. The molecule has 0 N–H and O–H groups in total. The highest BCUT2D eigenvalue weighted by atomic mass is 35.5. The molecule has 0 heterocycles. The van der Waals surface area contributed by atoms with Crippen molar-refractivity contribution in [3.63, 3.8) is 0 Å². The molecule has 86 valence electrons. The van der Waals surface area contributed by atoms with Gasteiger partial charge in [0.05, 0.1) is 0 Å². The molecule has 2 rings (SSSR count). The second-order valence-corrected chi connectivity index (χ2v) is 4.24. The first-order chi connectivity index (χ1) is 8.11. The van der Waals surface area contributed by atoms with Crippen LogP contribution in [0.1, 0.15) is 15.9 Å². The minimum Gasteiger partial charge on any atom is -0.298 e. The predicted molar refractivity (Wildman–Crippen MR) is 67.0 cm³/mol. The maximum Gasteiger partial charge on any atom is 0.150 e. The number of hydrogen-bond donors (Lipinski definition) is 0. The third-order valence-corrected chi connectivity index (χ3v) is 2.88. The molecule has 0 aliphatic rings. The van der Waals surface area contributed by atoms with Crippen LogP contribution in [-0.2, 0) is 0 Å². The Morgan fingerprint density at radius 2 is 1.88 bits per heavy atom. The first-order valence-corrected chi connectivity index (χ1v) is 5.51. The van der Waals surface area contributed by atoms with E-state index in [1.54, 1.807) is 6.07 Å². The van der Waals surface area contributed by atoms with E-state index in [9.17, 15) is 9.18 Å². The normalized spacial score (nSPS) is 10.3. The molecule has 0 amide bonds. The molecule has 2 aromatic carbocycles. The van der Waals surface area contributed by atoms with Crippen molar-refractivity contribution < 1.29 is 9.18 Å². The van der Waals surface area contributed by atoms with Gasteiger partial charge in [-0.1, -0.05) is 35.4 Å². The Morgan fingerprint density at radius 3 is 2.59 bits per heavy atom. The third kappa shape index (κ3) is 2.37. The number of halogens is 2. The van der Waals surface area contributed by atoms with Crippen molar-refractivity contribution in [3.05, 3.63) is 58.4 Å². The second-order valence-electron chi connectivity index (χ2n) is 3.83. The molecular weight excluding hydrogens is 239 g/mol. The molecule has 0 saturated carbocycles. The summed E-state index contributed by atoms with van der Waals surface area (Å²) in [6.45, 7) is 1.91. The molecule has 0 aliphatic carbocycles. The van der Waals surface area contributed by atoms with E-state index in [2.05, 4.69) is 0 Å². The van der Waals surface area contributed by atoms with Gasteiger partial charge in [0.15, 0.2) is 6.29 Å². The van der Waals surface area contributed by atoms with Gasteiger partial charge < -0.3 is 0 Å². The quantitative estimate of drug-likeness (QED) is 0.726. The molecule has 0 aromatic heterocycles. The van der Waals surface area contributed by atoms with Crippen LogP contribution in [0.5, 0.6) is 0 Å². The Labute approximate surface area is 104 Å². The van der Waals surface area contributed by atoms with Gasteiger partial charge in [-0.05, 0) is 30.7 Å². The minimum absolute atomic E-state index is 0.372. The van der Waals surface area contributed by atoms with E-state index in [1.165, 1.54) is 18.2 Å². The number of carbonyl (C=O) groups excluding carboxylic acids is 1. The van der Waals surface area contributed by atoms with E-state index in [1.807, 2.05) is 19.1 Å². The lowest BCUT2D eigenvalue weighted by atomic mass is 9.98. The van der Waals surface area contributed by atoms with Gasteiger partial charge in [-0.3, -0.25) is 4.79 Å². The Hall–Kier alpha value is -1.67. The zero-order chi connectivity index (χ0) is 12.4. The lowest BCUT2D eigenvalue weighted by Crippen LogP contribution is -1.90. The molecule has 1 nitrogen and oxygen atoms in total. The van der Waals surface area contributed by atoms with E-state index < -0.39 is 0 Å². The van der Waals surface area contributed by atoms with Crippen LogP contribution in [0.2, 0.25) is 5.02 Å². The van der Waals surface area contributed by atoms with E-state index in [0.717, 1.165) is 11.8 Å². The monoisotopic (exact) mass is 248 g/mol. The predicted octanol–water partition coefficient (Wildman–Crippen LogP) is 4.27. The molecule has 0 fully saturated rings. The van der Waals surface area contributed by atoms with Gasteiger partial charge in [0.2, 0.25) is 0 Å². The largest absolute Gasteiger partial charge is 0.298 e. The molecule has 0 radical (unpaired) electrons. The zero-order valence-corrected chi connectivity index (χ0v) is 9.96. The summed E-state index contributed by atoms with van der Waals surface area (Å²) in [5, 5.41) is 0.431. The molecule has 0 aliphatic heterocycles. The van der Waals surface area contributed by atoms with Crippen molar-refractivity contribution in [2.45, 2.75) is 6.92 Å². The van der Waals surface area contributed by atoms with Gasteiger partial charge in [-0.15, -0.1) is 0 Å². The number of aldehydes is 1. The molecular formula is C14H10ClFO. The average Bonchev–Trinajstić information content (AvgIpc) is 2.32. The topological polar surface area (TPSA) is 17.1 Å². The number of aryl methyl sites for hydroxylation is 1. The SMILES string of the molecule is Cc1ccc(C=O)c(-c2cc(F)ccc2Cl)c1. The summed E-state index contributed by atoms with van der Waals surface area (Å²) >= 11 is 6.03. The summed E-state index contributed by atoms with van der Waals surface area (Å²) in [4.78, 5) is 11.0. The summed E-state index contributed by atoms with van der Waals surface area (Å²) < 4.78 is 13.2. The van der Waals surface area contributed by atoms with E-state index in [4.69, 9.17) is 11.6 Å². The number of benzene rings is 2. The first-order valence-electron chi connectivity index (χ1n) is 5.13. The Bertz CT molecular complexity index is 578. The van der Waals surface area contributed by atoms with Crippen molar-refractivity contribution in [2.75, 3.05) is 0 Å². The van der Waals surface area contributed by atoms with Crippen LogP contribution in [0, 0.1) is 12.7 Å². The average molecular weight is 249 g/mol. The van der Waals surface area contributed by atoms with Crippen LogP contribution in [0.4, 0.5) is 4.39 Å². The summed E-state index contributed by atoms with van der Waals surface area (Å²) in [6.07, 6.45) is 0.746. The first kappa shape index (κ1) is 11.8. The highest BCUT2D eigenvalue weighted by molar-refractivity contribution is 6.33. The van der Waals surface area contributed by atoms with Crippen molar-refractivity contribution >= 4 is 17.9 Å². The molecule has 0 bridgehead atoms. The highest BCUT2D eigenvalue weighted by Crippen LogP contribution is 2.31. The standard InChI is InChI=1S/C14H10ClFO/c1-9-2-3-10(8-17)12(6-9)13-7-11(16)4-5-14(13)15/h2-8H,1H3. The van der Waals surface area contributed by atoms with Crippen LogP contribution < -0.4 is 0 Å². The van der Waals surface area contributed by atoms with Crippen LogP contribution in [0.25, 0.3) is 11.1 Å². The van der Waals surface area contributed by atoms with E-state index in [0.29, 0.717) is 21.7 Å². The van der Waals surface area contributed by atoms with Crippen molar-refractivity contribution in [2.24, 2.45) is 0 Å². The van der Waals surface area contributed by atoms with Gasteiger partial charge in [0.25, 0.3) is 0 Å².